The third kappa shape index (κ3) is 2.77. The first kappa shape index (κ1) is 12.4. The number of carbonyl (C=O) groups is 2. The minimum absolute atomic E-state index is 0.00375. The van der Waals surface area contributed by atoms with E-state index in [1.807, 2.05) is 0 Å². The molecule has 5 heteroatoms. The van der Waals surface area contributed by atoms with Crippen LogP contribution in [0.1, 0.15) is 26.2 Å². The molecular weight excluding hydrogens is 220 g/mol. The first-order valence-electron chi connectivity index (χ1n) is 6.34. The Hall–Kier alpha value is -1.10. The van der Waals surface area contributed by atoms with Crippen LogP contribution in [0.2, 0.25) is 0 Å². The topological polar surface area (TPSA) is 72.6 Å². The highest BCUT2D eigenvalue weighted by Crippen LogP contribution is 2.31. The highest BCUT2D eigenvalue weighted by atomic mass is 16.5. The summed E-state index contributed by atoms with van der Waals surface area (Å²) < 4.78 is 5.01. The molecule has 2 rings (SSSR count). The van der Waals surface area contributed by atoms with Crippen LogP contribution in [-0.2, 0) is 14.3 Å². The second-order valence-electron chi connectivity index (χ2n) is 4.88. The first-order valence-corrected chi connectivity index (χ1v) is 6.34. The number of hydrogen-bond donors (Lipinski definition) is 1. The maximum absolute atomic E-state index is 12.0. The van der Waals surface area contributed by atoms with E-state index in [-0.39, 0.29) is 29.8 Å². The minimum Gasteiger partial charge on any atom is -0.466 e. The molecule has 2 aliphatic rings. The molecule has 0 radical (unpaired) electrons. The van der Waals surface area contributed by atoms with Gasteiger partial charge in [-0.1, -0.05) is 0 Å². The number of likely N-dealkylation sites (tertiary alicyclic amines) is 1. The summed E-state index contributed by atoms with van der Waals surface area (Å²) in [4.78, 5) is 25.4. The summed E-state index contributed by atoms with van der Waals surface area (Å²) in [5.74, 6) is -0.213. The molecule has 3 unspecified atom stereocenters. The molecule has 1 aliphatic heterocycles. The monoisotopic (exact) mass is 240 g/mol. The van der Waals surface area contributed by atoms with Gasteiger partial charge in [-0.2, -0.15) is 0 Å². The molecule has 5 nitrogen and oxygen atoms in total. The lowest BCUT2D eigenvalue weighted by atomic mass is 9.98. The number of rotatable bonds is 3. The molecule has 0 aromatic carbocycles. The molecule has 0 aromatic heterocycles. The van der Waals surface area contributed by atoms with Gasteiger partial charge in [0.2, 0.25) is 5.91 Å². The van der Waals surface area contributed by atoms with E-state index in [0.29, 0.717) is 13.2 Å². The van der Waals surface area contributed by atoms with Crippen molar-refractivity contribution < 1.29 is 14.3 Å². The summed E-state index contributed by atoms with van der Waals surface area (Å²) in [6, 6.07) is 0.0328. The van der Waals surface area contributed by atoms with E-state index in [1.54, 1.807) is 11.8 Å². The van der Waals surface area contributed by atoms with Crippen LogP contribution in [0.3, 0.4) is 0 Å². The Bertz CT molecular complexity index is 319. The third-order valence-corrected chi connectivity index (χ3v) is 3.51. The maximum Gasteiger partial charge on any atom is 0.310 e. The number of nitrogens with two attached hydrogens (primary N) is 1. The second kappa shape index (κ2) is 5.04. The molecule has 0 aromatic rings. The van der Waals surface area contributed by atoms with Gasteiger partial charge in [-0.25, -0.2) is 0 Å². The van der Waals surface area contributed by atoms with E-state index in [0.717, 1.165) is 25.8 Å². The van der Waals surface area contributed by atoms with Gasteiger partial charge in [-0.05, 0) is 26.2 Å². The van der Waals surface area contributed by atoms with E-state index < -0.39 is 0 Å². The number of carbonyl (C=O) groups excluding carboxylic acids is 2. The Balaban J connectivity index is 1.88. The van der Waals surface area contributed by atoms with Gasteiger partial charge >= 0.3 is 5.97 Å². The highest BCUT2D eigenvalue weighted by Gasteiger charge is 2.43. The zero-order chi connectivity index (χ0) is 12.4. The first-order chi connectivity index (χ1) is 8.13. The van der Waals surface area contributed by atoms with Crippen molar-refractivity contribution in [2.75, 3.05) is 19.7 Å². The predicted molar refractivity (Wildman–Crippen MR) is 62.0 cm³/mol. The van der Waals surface area contributed by atoms with Crippen molar-refractivity contribution in [3.63, 3.8) is 0 Å². The van der Waals surface area contributed by atoms with E-state index in [9.17, 15) is 9.59 Å². The quantitative estimate of drug-likeness (QED) is 0.712. The fraction of sp³-hybridized carbons (Fsp3) is 0.833. The van der Waals surface area contributed by atoms with Gasteiger partial charge in [0, 0.05) is 19.1 Å². The van der Waals surface area contributed by atoms with Crippen LogP contribution >= 0.6 is 0 Å². The molecule has 0 spiro atoms. The Morgan fingerprint density at radius 3 is 2.76 bits per heavy atom. The van der Waals surface area contributed by atoms with Crippen molar-refractivity contribution in [2.45, 2.75) is 32.2 Å². The van der Waals surface area contributed by atoms with E-state index >= 15 is 0 Å². The van der Waals surface area contributed by atoms with Crippen LogP contribution in [0.5, 0.6) is 0 Å². The third-order valence-electron chi connectivity index (χ3n) is 3.51. The Morgan fingerprint density at radius 1 is 1.47 bits per heavy atom. The van der Waals surface area contributed by atoms with Crippen LogP contribution in [0.25, 0.3) is 0 Å². The largest absolute Gasteiger partial charge is 0.466 e. The van der Waals surface area contributed by atoms with E-state index in [4.69, 9.17) is 10.5 Å². The summed E-state index contributed by atoms with van der Waals surface area (Å²) in [5.41, 5.74) is 5.68. The van der Waals surface area contributed by atoms with Crippen LogP contribution in [0.4, 0.5) is 0 Å². The average molecular weight is 240 g/mol. The fourth-order valence-electron chi connectivity index (χ4n) is 2.36. The summed E-state index contributed by atoms with van der Waals surface area (Å²) in [5, 5.41) is 0. The normalized spacial score (nSPS) is 32.1. The van der Waals surface area contributed by atoms with Crippen LogP contribution in [0.15, 0.2) is 0 Å². The molecule has 96 valence electrons. The van der Waals surface area contributed by atoms with Gasteiger partial charge in [-0.15, -0.1) is 0 Å². The van der Waals surface area contributed by atoms with Crippen molar-refractivity contribution in [1.29, 1.82) is 0 Å². The van der Waals surface area contributed by atoms with Gasteiger partial charge in [0.05, 0.1) is 18.4 Å². The highest BCUT2D eigenvalue weighted by molar-refractivity contribution is 5.83. The molecule has 2 N–H and O–H groups in total. The van der Waals surface area contributed by atoms with Gasteiger partial charge in [0.1, 0.15) is 0 Å². The molecular formula is C12H20N2O3. The minimum atomic E-state index is -0.176. The van der Waals surface area contributed by atoms with E-state index in [2.05, 4.69) is 0 Å². The second-order valence-corrected chi connectivity index (χ2v) is 4.88. The predicted octanol–water partition coefficient (Wildman–Crippen LogP) is 0.135. The SMILES string of the molecule is CCOC(=O)C1CCCN(C(=O)C2CC2N)C1. The zero-order valence-corrected chi connectivity index (χ0v) is 10.2. The molecule has 1 amide bonds. The summed E-state index contributed by atoms with van der Waals surface area (Å²) in [7, 11) is 0. The lowest BCUT2D eigenvalue weighted by Crippen LogP contribution is -2.44. The van der Waals surface area contributed by atoms with Crippen molar-refractivity contribution >= 4 is 11.9 Å². The smallest absolute Gasteiger partial charge is 0.310 e. The summed E-state index contributed by atoms with van der Waals surface area (Å²) in [6.07, 6.45) is 2.48. The molecule has 17 heavy (non-hydrogen) atoms. The number of esters is 1. The Kier molecular flexibility index (Phi) is 3.66. The van der Waals surface area contributed by atoms with Crippen molar-refractivity contribution in [2.24, 2.45) is 17.6 Å². The fourth-order valence-corrected chi connectivity index (χ4v) is 2.36. The number of piperidine rings is 1. The Labute approximate surface area is 101 Å². The number of amides is 1. The molecule has 2 fully saturated rings. The molecule has 1 aliphatic carbocycles. The van der Waals surface area contributed by atoms with E-state index in [1.165, 1.54) is 0 Å². The van der Waals surface area contributed by atoms with Crippen molar-refractivity contribution in [1.82, 2.24) is 4.90 Å². The average Bonchev–Trinajstić information content (AvgIpc) is 3.06. The van der Waals surface area contributed by atoms with Crippen LogP contribution in [-0.4, -0.2) is 42.5 Å². The van der Waals surface area contributed by atoms with Crippen LogP contribution in [0, 0.1) is 11.8 Å². The molecule has 1 saturated heterocycles. The van der Waals surface area contributed by atoms with Gasteiger partial charge < -0.3 is 15.4 Å². The zero-order valence-electron chi connectivity index (χ0n) is 10.2. The van der Waals surface area contributed by atoms with Crippen molar-refractivity contribution in [3.8, 4) is 0 Å². The molecule has 1 heterocycles. The van der Waals surface area contributed by atoms with Crippen LogP contribution < -0.4 is 5.73 Å². The summed E-state index contributed by atoms with van der Waals surface area (Å²) >= 11 is 0. The molecule has 1 saturated carbocycles. The standard InChI is InChI=1S/C12H20N2O3/c1-2-17-12(16)8-4-3-5-14(7-8)11(15)9-6-10(9)13/h8-10H,2-7,13H2,1H3. The maximum atomic E-state index is 12.0. The number of hydrogen-bond acceptors (Lipinski definition) is 4. The number of ether oxygens (including phenoxy) is 1. The van der Waals surface area contributed by atoms with Gasteiger partial charge in [-0.3, -0.25) is 9.59 Å². The van der Waals surface area contributed by atoms with Crippen molar-refractivity contribution in [3.05, 3.63) is 0 Å². The summed E-state index contributed by atoms with van der Waals surface area (Å²) in [6.45, 7) is 3.45. The van der Waals surface area contributed by atoms with Gasteiger partial charge in [0.15, 0.2) is 0 Å². The molecule has 3 atom stereocenters. The molecule has 0 bridgehead atoms. The lowest BCUT2D eigenvalue weighted by molar-refractivity contribution is -0.151. The number of nitrogens with zero attached hydrogens (tertiary/aromatic N) is 1. The van der Waals surface area contributed by atoms with Gasteiger partial charge in [0.25, 0.3) is 0 Å². The lowest BCUT2D eigenvalue weighted by Gasteiger charge is -2.31. The Morgan fingerprint density at radius 2 is 2.18 bits per heavy atom.